The molecule has 0 aromatic carbocycles. The first-order chi connectivity index (χ1) is 30.4. The van der Waals surface area contributed by atoms with E-state index in [0.29, 0.717) is 19.3 Å². The van der Waals surface area contributed by atoms with E-state index in [1.807, 2.05) is 6.08 Å². The van der Waals surface area contributed by atoms with E-state index in [4.69, 9.17) is 18.5 Å². The minimum atomic E-state index is -5.14. The molecular formula is C49H83O13P. The number of hydrogen-bond donors (Lipinski definition) is 6. The lowest BCUT2D eigenvalue weighted by Crippen LogP contribution is -2.64. The molecule has 0 bridgehead atoms. The predicted molar refractivity (Wildman–Crippen MR) is 249 cm³/mol. The van der Waals surface area contributed by atoms with Crippen molar-refractivity contribution in [2.45, 2.75) is 211 Å². The number of aliphatic hydroxyl groups is 5. The third-order valence-electron chi connectivity index (χ3n) is 10.5. The quantitative estimate of drug-likeness (QED) is 0.0148. The average Bonchev–Trinajstić information content (AvgIpc) is 3.26. The maximum Gasteiger partial charge on any atom is 0.472 e. The van der Waals surface area contributed by atoms with Crippen LogP contribution in [0.4, 0.5) is 0 Å². The highest BCUT2D eigenvalue weighted by molar-refractivity contribution is 7.47. The molecule has 1 rings (SSSR count). The molecule has 13 nitrogen and oxygen atoms in total. The van der Waals surface area contributed by atoms with Crippen LogP contribution in [0.25, 0.3) is 0 Å². The van der Waals surface area contributed by atoms with Crippen LogP contribution in [0.15, 0.2) is 72.9 Å². The molecule has 14 heteroatoms. The van der Waals surface area contributed by atoms with Gasteiger partial charge < -0.3 is 39.9 Å². The number of hydrogen-bond acceptors (Lipinski definition) is 12. The maximum absolute atomic E-state index is 12.8. The lowest BCUT2D eigenvalue weighted by Gasteiger charge is -2.41. The van der Waals surface area contributed by atoms with Crippen molar-refractivity contribution in [2.24, 2.45) is 0 Å². The number of phosphoric acid groups is 1. The molecule has 0 saturated heterocycles. The second-order valence-electron chi connectivity index (χ2n) is 16.2. The van der Waals surface area contributed by atoms with Gasteiger partial charge in [0.25, 0.3) is 0 Å². The predicted octanol–water partition coefficient (Wildman–Crippen LogP) is 9.50. The summed E-state index contributed by atoms with van der Waals surface area (Å²) in [6.07, 6.45) is 35.3. The Hall–Kier alpha value is -2.71. The summed E-state index contributed by atoms with van der Waals surface area (Å²) < 4.78 is 33.5. The molecule has 8 atom stereocenters. The second kappa shape index (κ2) is 38.5. The van der Waals surface area contributed by atoms with E-state index in [2.05, 4.69) is 80.7 Å². The first kappa shape index (κ1) is 58.3. The van der Waals surface area contributed by atoms with Crippen molar-refractivity contribution in [3.8, 4) is 0 Å². The van der Waals surface area contributed by atoms with Crippen molar-refractivity contribution in [1.29, 1.82) is 0 Å². The number of ether oxygens (including phenoxy) is 2. The van der Waals surface area contributed by atoms with Gasteiger partial charge in [-0.2, -0.15) is 0 Å². The first-order valence-electron chi connectivity index (χ1n) is 23.7. The highest BCUT2D eigenvalue weighted by atomic mass is 31.2. The Balaban J connectivity index is 2.46. The Labute approximate surface area is 378 Å². The summed E-state index contributed by atoms with van der Waals surface area (Å²) in [5.74, 6) is -1.16. The molecule has 6 N–H and O–H groups in total. The summed E-state index contributed by atoms with van der Waals surface area (Å²) in [5, 5.41) is 50.2. The number of carbonyl (C=O) groups is 2. The van der Waals surface area contributed by atoms with Crippen LogP contribution in [0, 0.1) is 0 Å². The van der Waals surface area contributed by atoms with Gasteiger partial charge in [-0.3, -0.25) is 18.6 Å². The molecule has 0 aromatic heterocycles. The van der Waals surface area contributed by atoms with E-state index in [1.54, 1.807) is 0 Å². The fraction of sp³-hybridized carbons (Fsp3) is 0.714. The van der Waals surface area contributed by atoms with Crippen LogP contribution in [0.2, 0.25) is 0 Å². The highest BCUT2D eigenvalue weighted by Gasteiger charge is 2.51. The zero-order valence-corrected chi connectivity index (χ0v) is 39.2. The number of carbonyl (C=O) groups excluding carboxylic acids is 2. The van der Waals surface area contributed by atoms with Gasteiger partial charge in [-0.05, 0) is 83.5 Å². The van der Waals surface area contributed by atoms with Crippen molar-refractivity contribution in [3.05, 3.63) is 72.9 Å². The monoisotopic (exact) mass is 911 g/mol. The van der Waals surface area contributed by atoms with Gasteiger partial charge >= 0.3 is 19.8 Å². The van der Waals surface area contributed by atoms with Crippen LogP contribution in [0.3, 0.4) is 0 Å². The van der Waals surface area contributed by atoms with E-state index in [0.717, 1.165) is 70.6 Å². The lowest BCUT2D eigenvalue weighted by molar-refractivity contribution is -0.220. The van der Waals surface area contributed by atoms with Crippen LogP contribution >= 0.6 is 7.82 Å². The number of phosphoric ester groups is 1. The summed E-state index contributed by atoms with van der Waals surface area (Å²) in [5.41, 5.74) is 0. The topological polar surface area (TPSA) is 210 Å². The second-order valence-corrected chi connectivity index (χ2v) is 17.6. The molecule has 0 heterocycles. The van der Waals surface area contributed by atoms with Gasteiger partial charge in [0.05, 0.1) is 6.61 Å². The average molecular weight is 911 g/mol. The summed E-state index contributed by atoms with van der Waals surface area (Å²) in [6.45, 7) is 3.12. The minimum Gasteiger partial charge on any atom is -0.462 e. The molecule has 0 spiro atoms. The summed E-state index contributed by atoms with van der Waals surface area (Å²) in [7, 11) is -5.14. The maximum atomic E-state index is 12.8. The molecule has 1 aliphatic rings. The molecule has 1 saturated carbocycles. The van der Waals surface area contributed by atoms with E-state index in [-0.39, 0.29) is 12.8 Å². The fourth-order valence-electron chi connectivity index (χ4n) is 6.72. The zero-order valence-electron chi connectivity index (χ0n) is 38.3. The molecule has 1 aliphatic carbocycles. The Morgan fingerprint density at radius 1 is 0.508 bits per heavy atom. The Bertz CT molecular complexity index is 1380. The van der Waals surface area contributed by atoms with Crippen molar-refractivity contribution in [2.75, 3.05) is 13.2 Å². The molecule has 63 heavy (non-hydrogen) atoms. The van der Waals surface area contributed by atoms with Crippen LogP contribution in [0.5, 0.6) is 0 Å². The third kappa shape index (κ3) is 31.0. The van der Waals surface area contributed by atoms with Gasteiger partial charge in [0.15, 0.2) is 6.10 Å². The van der Waals surface area contributed by atoms with Crippen LogP contribution in [-0.2, 0) is 32.7 Å². The number of esters is 2. The Morgan fingerprint density at radius 3 is 1.41 bits per heavy atom. The van der Waals surface area contributed by atoms with Crippen LogP contribution in [-0.4, -0.2) is 98.3 Å². The molecule has 362 valence electrons. The number of rotatable bonds is 38. The van der Waals surface area contributed by atoms with Crippen LogP contribution < -0.4 is 0 Å². The fourth-order valence-corrected chi connectivity index (χ4v) is 7.69. The normalized spacial score (nSPS) is 22.3. The minimum absolute atomic E-state index is 0.0402. The first-order valence-corrected chi connectivity index (χ1v) is 25.2. The standard InChI is InChI=1S/C49H83O13P/c1-3-5-7-9-11-13-15-17-19-20-21-22-24-25-27-29-31-33-35-37-42(50)59-39-41(40-60-63(57,58)62-49-47(55)45(53)44(52)46(54)48(49)56)61-43(51)38-36-34-32-30-28-26-23-18-16-14-12-10-8-6-4-2/h6,8,11-14,17-19,23,28,30,41,44-49,52-56H,3-5,7,9-10,15-16,20-22,24-27,29,31-40H2,1-2H3,(H,57,58)/b8-6-,13-11-,14-12-,19-17-,23-18-,30-28-/t41-,44?,45-,46?,47?,48?,49?/m1/s1. The lowest BCUT2D eigenvalue weighted by atomic mass is 9.85. The molecule has 0 aliphatic heterocycles. The van der Waals surface area contributed by atoms with Crippen molar-refractivity contribution in [1.82, 2.24) is 0 Å². The number of unbranched alkanes of at least 4 members (excludes halogenated alkanes) is 14. The number of aliphatic hydroxyl groups excluding tert-OH is 5. The molecule has 0 aromatic rings. The molecule has 1 fully saturated rings. The Morgan fingerprint density at radius 2 is 0.905 bits per heavy atom. The zero-order chi connectivity index (χ0) is 46.4. The number of allylic oxidation sites excluding steroid dienone is 12. The van der Waals surface area contributed by atoms with E-state index >= 15 is 0 Å². The third-order valence-corrected chi connectivity index (χ3v) is 11.5. The van der Waals surface area contributed by atoms with Gasteiger partial charge in [0.2, 0.25) is 0 Å². The summed E-state index contributed by atoms with van der Waals surface area (Å²) in [4.78, 5) is 35.7. The highest BCUT2D eigenvalue weighted by Crippen LogP contribution is 2.47. The van der Waals surface area contributed by atoms with Gasteiger partial charge in [-0.15, -0.1) is 0 Å². The Kier molecular flexibility index (Phi) is 35.7. The van der Waals surface area contributed by atoms with Crippen molar-refractivity contribution >= 4 is 19.8 Å². The molecular weight excluding hydrogens is 828 g/mol. The van der Waals surface area contributed by atoms with Gasteiger partial charge in [0, 0.05) is 12.8 Å². The van der Waals surface area contributed by atoms with Gasteiger partial charge in [0.1, 0.15) is 43.2 Å². The van der Waals surface area contributed by atoms with E-state index < -0.39 is 75.7 Å². The van der Waals surface area contributed by atoms with Gasteiger partial charge in [-0.1, -0.05) is 145 Å². The van der Waals surface area contributed by atoms with Crippen molar-refractivity contribution in [3.63, 3.8) is 0 Å². The molecule has 0 radical (unpaired) electrons. The van der Waals surface area contributed by atoms with E-state index in [9.17, 15) is 44.6 Å². The summed E-state index contributed by atoms with van der Waals surface area (Å²) >= 11 is 0. The van der Waals surface area contributed by atoms with Crippen LogP contribution in [0.1, 0.15) is 168 Å². The summed E-state index contributed by atoms with van der Waals surface area (Å²) in [6, 6.07) is 0. The van der Waals surface area contributed by atoms with Gasteiger partial charge in [-0.25, -0.2) is 4.57 Å². The largest absolute Gasteiger partial charge is 0.472 e. The van der Waals surface area contributed by atoms with Crippen molar-refractivity contribution < 1.29 is 63.1 Å². The molecule has 0 amide bonds. The smallest absolute Gasteiger partial charge is 0.462 e. The van der Waals surface area contributed by atoms with E-state index in [1.165, 1.54) is 51.4 Å². The SMILES string of the molecule is CC/C=C\C/C=C\C/C=C\C/C=C\CCCCC(=O)O[C@H](COC(=O)CCCCCCCCCCC/C=C\C/C=C\CCCCC)COP(=O)(O)OC1C(O)C(O)C(O)[C@@H](O)C1O. The molecule has 6 unspecified atom stereocenters.